The molecule has 114 valence electrons. The Hall–Kier alpha value is -0.740. The molecule has 0 aromatic carbocycles. The summed E-state index contributed by atoms with van der Waals surface area (Å²) in [6, 6.07) is 5.40. The van der Waals surface area contributed by atoms with Gasteiger partial charge in [0.2, 0.25) is 0 Å². The number of nitrogens with zero attached hydrogens (tertiary/aromatic N) is 2. The van der Waals surface area contributed by atoms with Crippen LogP contribution in [0, 0.1) is 6.92 Å². The number of aromatic nitrogens is 1. The van der Waals surface area contributed by atoms with Gasteiger partial charge in [-0.25, -0.2) is 4.98 Å². The van der Waals surface area contributed by atoms with Crippen molar-refractivity contribution in [1.82, 2.24) is 10.3 Å². The van der Waals surface area contributed by atoms with Gasteiger partial charge < -0.3 is 10.2 Å². The standard InChI is InChI=1S/C16H29N3S/c1-7-15(11-20-6)19(5)16-9-8-14(13(4)18-16)10-17-12(2)3/h8-9,12,15,17H,7,10-11H2,1-6H3. The minimum Gasteiger partial charge on any atom is -0.356 e. The molecule has 0 aliphatic rings. The second-order valence-corrected chi connectivity index (χ2v) is 6.49. The number of thioether (sulfide) groups is 1. The van der Waals surface area contributed by atoms with E-state index in [9.17, 15) is 0 Å². The summed E-state index contributed by atoms with van der Waals surface area (Å²) < 4.78 is 0. The van der Waals surface area contributed by atoms with Gasteiger partial charge in [-0.05, 0) is 31.2 Å². The molecule has 1 rings (SSSR count). The highest BCUT2D eigenvalue weighted by atomic mass is 32.2. The van der Waals surface area contributed by atoms with Crippen LogP contribution in [-0.2, 0) is 6.54 Å². The van der Waals surface area contributed by atoms with Crippen molar-refractivity contribution < 1.29 is 0 Å². The summed E-state index contributed by atoms with van der Waals surface area (Å²) in [6.07, 6.45) is 3.31. The van der Waals surface area contributed by atoms with Crippen LogP contribution in [-0.4, -0.2) is 36.1 Å². The van der Waals surface area contributed by atoms with E-state index in [-0.39, 0.29) is 0 Å². The first-order valence-corrected chi connectivity index (χ1v) is 8.80. The normalized spacial score (nSPS) is 12.8. The number of hydrogen-bond donors (Lipinski definition) is 1. The van der Waals surface area contributed by atoms with Crippen LogP contribution in [0.25, 0.3) is 0 Å². The number of hydrogen-bond acceptors (Lipinski definition) is 4. The van der Waals surface area contributed by atoms with Gasteiger partial charge in [0, 0.05) is 37.1 Å². The molecule has 0 bridgehead atoms. The number of pyridine rings is 1. The van der Waals surface area contributed by atoms with E-state index in [0.717, 1.165) is 30.2 Å². The van der Waals surface area contributed by atoms with E-state index in [1.165, 1.54) is 5.56 Å². The van der Waals surface area contributed by atoms with Crippen LogP contribution in [0.2, 0.25) is 0 Å². The van der Waals surface area contributed by atoms with Gasteiger partial charge in [-0.3, -0.25) is 0 Å². The van der Waals surface area contributed by atoms with Crippen molar-refractivity contribution in [1.29, 1.82) is 0 Å². The fourth-order valence-corrected chi connectivity index (χ4v) is 3.00. The topological polar surface area (TPSA) is 28.2 Å². The largest absolute Gasteiger partial charge is 0.356 e. The molecule has 0 amide bonds. The van der Waals surface area contributed by atoms with E-state index in [1.807, 2.05) is 11.8 Å². The fraction of sp³-hybridized carbons (Fsp3) is 0.688. The third kappa shape index (κ3) is 4.98. The van der Waals surface area contributed by atoms with Crippen LogP contribution in [0.1, 0.15) is 38.4 Å². The predicted molar refractivity (Wildman–Crippen MR) is 91.8 cm³/mol. The van der Waals surface area contributed by atoms with Crippen LogP contribution < -0.4 is 10.2 Å². The molecular formula is C16H29N3S. The summed E-state index contributed by atoms with van der Waals surface area (Å²) in [5.41, 5.74) is 2.41. The van der Waals surface area contributed by atoms with E-state index in [1.54, 1.807) is 0 Å². The highest BCUT2D eigenvalue weighted by molar-refractivity contribution is 7.98. The molecule has 0 fully saturated rings. The second-order valence-electron chi connectivity index (χ2n) is 5.58. The average Bonchev–Trinajstić information content (AvgIpc) is 2.42. The molecule has 3 nitrogen and oxygen atoms in total. The molecule has 0 spiro atoms. The van der Waals surface area contributed by atoms with Gasteiger partial charge in [-0.2, -0.15) is 11.8 Å². The van der Waals surface area contributed by atoms with Crippen LogP contribution in [0.15, 0.2) is 12.1 Å². The lowest BCUT2D eigenvalue weighted by atomic mass is 10.1. The molecule has 0 aliphatic carbocycles. The molecule has 0 saturated heterocycles. The quantitative estimate of drug-likeness (QED) is 0.795. The van der Waals surface area contributed by atoms with Gasteiger partial charge in [0.1, 0.15) is 5.82 Å². The Morgan fingerprint density at radius 1 is 1.35 bits per heavy atom. The maximum Gasteiger partial charge on any atom is 0.128 e. The van der Waals surface area contributed by atoms with Crippen molar-refractivity contribution >= 4 is 17.6 Å². The molecule has 1 unspecified atom stereocenters. The Bertz CT molecular complexity index is 407. The Balaban J connectivity index is 2.79. The first-order valence-electron chi connectivity index (χ1n) is 7.41. The predicted octanol–water partition coefficient (Wildman–Crippen LogP) is 3.47. The first kappa shape index (κ1) is 17.3. The summed E-state index contributed by atoms with van der Waals surface area (Å²) >= 11 is 1.90. The first-order chi connectivity index (χ1) is 9.49. The Kier molecular flexibility index (Phi) is 7.38. The molecule has 0 saturated carbocycles. The molecule has 0 aliphatic heterocycles. The molecule has 4 heteroatoms. The zero-order valence-corrected chi connectivity index (χ0v) is 14.5. The van der Waals surface area contributed by atoms with Crippen molar-refractivity contribution in [3.05, 3.63) is 23.4 Å². The monoisotopic (exact) mass is 295 g/mol. The van der Waals surface area contributed by atoms with Crippen molar-refractivity contribution in [3.63, 3.8) is 0 Å². The van der Waals surface area contributed by atoms with Crippen molar-refractivity contribution in [3.8, 4) is 0 Å². The number of nitrogens with one attached hydrogen (secondary N) is 1. The van der Waals surface area contributed by atoms with Gasteiger partial charge in [0.05, 0.1) is 0 Å². The third-order valence-corrected chi connectivity index (χ3v) is 4.34. The third-order valence-electron chi connectivity index (χ3n) is 3.62. The van der Waals surface area contributed by atoms with E-state index in [0.29, 0.717) is 12.1 Å². The van der Waals surface area contributed by atoms with Crippen LogP contribution in [0.5, 0.6) is 0 Å². The van der Waals surface area contributed by atoms with Gasteiger partial charge >= 0.3 is 0 Å². The molecule has 0 radical (unpaired) electrons. The molecule has 1 atom stereocenters. The van der Waals surface area contributed by atoms with Gasteiger partial charge in [0.25, 0.3) is 0 Å². The molecule has 1 aromatic rings. The van der Waals surface area contributed by atoms with Crippen LogP contribution in [0.3, 0.4) is 0 Å². The summed E-state index contributed by atoms with van der Waals surface area (Å²) in [4.78, 5) is 7.09. The number of anilines is 1. The highest BCUT2D eigenvalue weighted by Gasteiger charge is 2.14. The van der Waals surface area contributed by atoms with Crippen LogP contribution >= 0.6 is 11.8 Å². The van der Waals surface area contributed by atoms with Gasteiger partial charge in [-0.1, -0.05) is 26.8 Å². The lowest BCUT2D eigenvalue weighted by Crippen LogP contribution is -2.34. The maximum absolute atomic E-state index is 4.78. The minimum atomic E-state index is 0.503. The highest BCUT2D eigenvalue weighted by Crippen LogP contribution is 2.19. The average molecular weight is 295 g/mol. The van der Waals surface area contributed by atoms with E-state index in [2.05, 4.69) is 63.3 Å². The molecule has 1 heterocycles. The lowest BCUT2D eigenvalue weighted by molar-refractivity contribution is 0.585. The van der Waals surface area contributed by atoms with E-state index < -0.39 is 0 Å². The Morgan fingerprint density at radius 2 is 2.05 bits per heavy atom. The second kappa shape index (κ2) is 8.53. The van der Waals surface area contributed by atoms with Crippen molar-refractivity contribution in [2.45, 2.75) is 52.7 Å². The fourth-order valence-electron chi connectivity index (χ4n) is 2.16. The van der Waals surface area contributed by atoms with Crippen molar-refractivity contribution in [2.75, 3.05) is 24.0 Å². The SMILES string of the molecule is CCC(CSC)N(C)c1ccc(CNC(C)C)c(C)n1. The zero-order valence-electron chi connectivity index (χ0n) is 13.7. The summed E-state index contributed by atoms with van der Waals surface area (Å²) in [7, 11) is 2.15. The molecular weight excluding hydrogens is 266 g/mol. The van der Waals surface area contributed by atoms with Crippen molar-refractivity contribution in [2.24, 2.45) is 0 Å². The smallest absolute Gasteiger partial charge is 0.128 e. The summed E-state index contributed by atoms with van der Waals surface area (Å²) in [6.45, 7) is 9.57. The molecule has 1 aromatic heterocycles. The zero-order chi connectivity index (χ0) is 15.1. The Labute approximate surface area is 128 Å². The maximum atomic E-state index is 4.78. The molecule has 20 heavy (non-hydrogen) atoms. The summed E-state index contributed by atoms with van der Waals surface area (Å²) in [5, 5.41) is 3.45. The Morgan fingerprint density at radius 3 is 2.55 bits per heavy atom. The lowest BCUT2D eigenvalue weighted by Gasteiger charge is -2.28. The summed E-state index contributed by atoms with van der Waals surface area (Å²) in [5.74, 6) is 2.22. The van der Waals surface area contributed by atoms with Gasteiger partial charge in [0.15, 0.2) is 0 Å². The minimum absolute atomic E-state index is 0.503. The number of aryl methyl sites for hydroxylation is 1. The van der Waals surface area contributed by atoms with E-state index in [4.69, 9.17) is 4.98 Å². The number of rotatable bonds is 8. The molecule has 1 N–H and O–H groups in total. The van der Waals surface area contributed by atoms with Crippen LogP contribution in [0.4, 0.5) is 5.82 Å². The van der Waals surface area contributed by atoms with E-state index >= 15 is 0 Å². The van der Waals surface area contributed by atoms with Gasteiger partial charge in [-0.15, -0.1) is 0 Å².